The fraction of sp³-hybridized carbons (Fsp3) is 0.538. The van der Waals surface area contributed by atoms with Gasteiger partial charge in [-0.3, -0.25) is 11.3 Å². The zero-order valence-electron chi connectivity index (χ0n) is 10.7. The van der Waals surface area contributed by atoms with Crippen LogP contribution in [0.25, 0.3) is 0 Å². The second-order valence-electron chi connectivity index (χ2n) is 4.52. The lowest BCUT2D eigenvalue weighted by Gasteiger charge is -2.20. The quantitative estimate of drug-likeness (QED) is 0.592. The van der Waals surface area contributed by atoms with E-state index in [0.29, 0.717) is 18.1 Å². The zero-order valence-corrected chi connectivity index (χ0v) is 10.7. The molecule has 0 fully saturated rings. The Balaban J connectivity index is 2.75. The summed E-state index contributed by atoms with van der Waals surface area (Å²) < 4.78 is 18.3. The van der Waals surface area contributed by atoms with Gasteiger partial charge < -0.3 is 4.74 Å². The molecule has 0 saturated heterocycles. The molecule has 4 heteroatoms. The van der Waals surface area contributed by atoms with Crippen molar-refractivity contribution in [3.05, 3.63) is 35.1 Å². The first-order chi connectivity index (χ1) is 8.08. The molecule has 1 rings (SSSR count). The van der Waals surface area contributed by atoms with Gasteiger partial charge in [-0.25, -0.2) is 4.39 Å². The molecule has 2 unspecified atom stereocenters. The summed E-state index contributed by atoms with van der Waals surface area (Å²) in [7, 11) is 1.68. The van der Waals surface area contributed by atoms with Crippen molar-refractivity contribution in [2.75, 3.05) is 13.7 Å². The van der Waals surface area contributed by atoms with Crippen LogP contribution in [0.4, 0.5) is 4.39 Å². The summed E-state index contributed by atoms with van der Waals surface area (Å²) >= 11 is 0. The van der Waals surface area contributed by atoms with E-state index in [9.17, 15) is 4.39 Å². The molecule has 2 atom stereocenters. The van der Waals surface area contributed by atoms with Crippen LogP contribution in [0, 0.1) is 18.7 Å². The highest BCUT2D eigenvalue weighted by Crippen LogP contribution is 2.22. The van der Waals surface area contributed by atoms with Crippen LogP contribution in [-0.2, 0) is 4.74 Å². The van der Waals surface area contributed by atoms with Gasteiger partial charge in [0.1, 0.15) is 5.82 Å². The number of nitrogens with two attached hydrogens (primary N) is 1. The lowest BCUT2D eigenvalue weighted by atomic mass is 9.95. The molecule has 3 nitrogen and oxygen atoms in total. The summed E-state index contributed by atoms with van der Waals surface area (Å²) in [6, 6.07) is 5.11. The number of ether oxygens (including phenoxy) is 1. The Morgan fingerprint density at radius 1 is 1.47 bits per heavy atom. The fourth-order valence-electron chi connectivity index (χ4n) is 1.94. The maximum Gasteiger partial charge on any atom is 0.126 e. The van der Waals surface area contributed by atoms with Gasteiger partial charge in [-0.15, -0.1) is 0 Å². The highest BCUT2D eigenvalue weighted by Gasteiger charge is 2.14. The Bertz CT molecular complexity index is 357. The number of halogens is 1. The predicted octanol–water partition coefficient (Wildman–Crippen LogP) is 2.31. The van der Waals surface area contributed by atoms with Crippen LogP contribution in [0.15, 0.2) is 18.2 Å². The van der Waals surface area contributed by atoms with Gasteiger partial charge in [0.15, 0.2) is 0 Å². The lowest BCUT2D eigenvalue weighted by molar-refractivity contribution is 0.149. The number of rotatable bonds is 6. The van der Waals surface area contributed by atoms with Gasteiger partial charge in [0.05, 0.1) is 0 Å². The second kappa shape index (κ2) is 6.69. The summed E-state index contributed by atoms with van der Waals surface area (Å²) in [5.41, 5.74) is 4.43. The monoisotopic (exact) mass is 240 g/mol. The molecule has 1 aromatic carbocycles. The molecule has 0 radical (unpaired) electrons. The molecule has 0 bridgehead atoms. The Morgan fingerprint density at radius 2 is 2.18 bits per heavy atom. The number of benzene rings is 1. The number of hydrogen-bond donors (Lipinski definition) is 2. The van der Waals surface area contributed by atoms with Crippen LogP contribution < -0.4 is 11.3 Å². The molecule has 0 spiro atoms. The summed E-state index contributed by atoms with van der Waals surface area (Å²) in [6.07, 6.45) is 0.857. The molecule has 0 aliphatic rings. The minimum absolute atomic E-state index is 0.0273. The summed E-state index contributed by atoms with van der Waals surface area (Å²) in [5, 5.41) is 0. The minimum atomic E-state index is -0.186. The van der Waals surface area contributed by atoms with E-state index in [0.717, 1.165) is 12.0 Å². The topological polar surface area (TPSA) is 47.3 Å². The van der Waals surface area contributed by atoms with Crippen LogP contribution in [0.1, 0.15) is 30.5 Å². The molecular formula is C13H21FN2O. The molecule has 0 heterocycles. The average Bonchev–Trinajstić information content (AvgIpc) is 2.30. The van der Waals surface area contributed by atoms with Crippen molar-refractivity contribution in [1.82, 2.24) is 5.43 Å². The third-order valence-corrected chi connectivity index (χ3v) is 2.87. The van der Waals surface area contributed by atoms with Crippen molar-refractivity contribution in [1.29, 1.82) is 0 Å². The summed E-state index contributed by atoms with van der Waals surface area (Å²) in [6.45, 7) is 4.55. The van der Waals surface area contributed by atoms with Crippen LogP contribution >= 0.6 is 0 Å². The van der Waals surface area contributed by atoms with E-state index in [4.69, 9.17) is 10.6 Å². The first kappa shape index (κ1) is 14.1. The predicted molar refractivity (Wildman–Crippen MR) is 66.9 cm³/mol. The Morgan fingerprint density at radius 3 is 2.71 bits per heavy atom. The van der Waals surface area contributed by atoms with E-state index in [1.165, 1.54) is 6.07 Å². The van der Waals surface area contributed by atoms with E-state index >= 15 is 0 Å². The number of hydrazine groups is 1. The lowest BCUT2D eigenvalue weighted by Crippen LogP contribution is -2.30. The van der Waals surface area contributed by atoms with Gasteiger partial charge in [-0.05, 0) is 36.5 Å². The van der Waals surface area contributed by atoms with Crippen LogP contribution in [0.5, 0.6) is 0 Å². The minimum Gasteiger partial charge on any atom is -0.384 e. The van der Waals surface area contributed by atoms with Gasteiger partial charge in [0.25, 0.3) is 0 Å². The van der Waals surface area contributed by atoms with Gasteiger partial charge in [0.2, 0.25) is 0 Å². The summed E-state index contributed by atoms with van der Waals surface area (Å²) in [5.74, 6) is 5.76. The molecule has 1 aromatic rings. The third-order valence-electron chi connectivity index (χ3n) is 2.87. The first-order valence-corrected chi connectivity index (χ1v) is 5.79. The molecule has 3 N–H and O–H groups in total. The largest absolute Gasteiger partial charge is 0.384 e. The number of nitrogens with one attached hydrogen (secondary N) is 1. The highest BCUT2D eigenvalue weighted by molar-refractivity contribution is 5.26. The van der Waals surface area contributed by atoms with E-state index in [1.807, 2.05) is 6.07 Å². The maximum atomic E-state index is 13.2. The van der Waals surface area contributed by atoms with Crippen LogP contribution in [-0.4, -0.2) is 13.7 Å². The van der Waals surface area contributed by atoms with Crippen LogP contribution in [0.2, 0.25) is 0 Å². The Hall–Kier alpha value is -0.970. The maximum absolute atomic E-state index is 13.2. The molecule has 0 aromatic heterocycles. The van der Waals surface area contributed by atoms with Crippen molar-refractivity contribution >= 4 is 0 Å². The zero-order chi connectivity index (χ0) is 12.8. The molecule has 0 aliphatic heterocycles. The molecule has 96 valence electrons. The van der Waals surface area contributed by atoms with Gasteiger partial charge in [-0.1, -0.05) is 19.1 Å². The van der Waals surface area contributed by atoms with E-state index in [1.54, 1.807) is 20.1 Å². The van der Waals surface area contributed by atoms with E-state index in [2.05, 4.69) is 12.3 Å². The smallest absolute Gasteiger partial charge is 0.126 e. The summed E-state index contributed by atoms with van der Waals surface area (Å²) in [4.78, 5) is 0. The standard InChI is InChI=1S/C13H21FN2O/c1-9(8-17-3)6-13(16-15)11-4-5-12(14)10(2)7-11/h4-5,7,9,13,16H,6,8,15H2,1-3H3. The van der Waals surface area contributed by atoms with Gasteiger partial charge in [0, 0.05) is 19.8 Å². The molecule has 0 aliphatic carbocycles. The number of hydrogen-bond acceptors (Lipinski definition) is 3. The molecule has 17 heavy (non-hydrogen) atoms. The van der Waals surface area contributed by atoms with Crippen molar-refractivity contribution in [2.45, 2.75) is 26.3 Å². The Labute approximate surface area is 102 Å². The van der Waals surface area contributed by atoms with Crippen molar-refractivity contribution in [2.24, 2.45) is 11.8 Å². The normalized spacial score (nSPS) is 14.6. The average molecular weight is 240 g/mol. The number of aryl methyl sites for hydroxylation is 1. The number of methoxy groups -OCH3 is 1. The van der Waals surface area contributed by atoms with Gasteiger partial charge >= 0.3 is 0 Å². The second-order valence-corrected chi connectivity index (χ2v) is 4.52. The molecule has 0 amide bonds. The molecule has 0 saturated carbocycles. The highest BCUT2D eigenvalue weighted by atomic mass is 19.1. The Kier molecular flexibility index (Phi) is 5.55. The fourth-order valence-corrected chi connectivity index (χ4v) is 1.94. The van der Waals surface area contributed by atoms with Crippen LogP contribution in [0.3, 0.4) is 0 Å². The van der Waals surface area contributed by atoms with Crippen molar-refractivity contribution in [3.8, 4) is 0 Å². The molecular weight excluding hydrogens is 219 g/mol. The van der Waals surface area contributed by atoms with Crippen molar-refractivity contribution < 1.29 is 9.13 Å². The third kappa shape index (κ3) is 4.07. The van der Waals surface area contributed by atoms with E-state index in [-0.39, 0.29) is 11.9 Å². The van der Waals surface area contributed by atoms with Gasteiger partial charge in [-0.2, -0.15) is 0 Å². The first-order valence-electron chi connectivity index (χ1n) is 5.79. The van der Waals surface area contributed by atoms with E-state index < -0.39 is 0 Å². The SMILES string of the molecule is COCC(C)CC(NN)c1ccc(F)c(C)c1. The van der Waals surface area contributed by atoms with Crippen molar-refractivity contribution in [3.63, 3.8) is 0 Å².